The van der Waals surface area contributed by atoms with Crippen molar-refractivity contribution in [3.63, 3.8) is 0 Å². The van der Waals surface area contributed by atoms with Crippen LogP contribution in [0, 0.1) is 0 Å². The topological polar surface area (TPSA) is 38.1 Å². The highest BCUT2D eigenvalue weighted by molar-refractivity contribution is 6.15. The number of hydrogen-bond acceptors (Lipinski definition) is 3. The summed E-state index contributed by atoms with van der Waals surface area (Å²) in [7, 11) is 0. The van der Waals surface area contributed by atoms with Crippen LogP contribution >= 0.6 is 37.2 Å². The van der Waals surface area contributed by atoms with Crippen molar-refractivity contribution in [1.82, 2.24) is 9.97 Å². The van der Waals surface area contributed by atoms with Crippen molar-refractivity contribution in [2.24, 2.45) is 4.99 Å². The van der Waals surface area contributed by atoms with E-state index in [0.717, 1.165) is 36.2 Å². The Balaban J connectivity index is 0.00000147. The first-order chi connectivity index (χ1) is 9.43. The van der Waals surface area contributed by atoms with Gasteiger partial charge in [0, 0.05) is 36.9 Å². The maximum Gasteiger partial charge on any atom is 0.0694 e. The zero-order chi connectivity index (χ0) is 12.9. The minimum atomic E-state index is 0. The van der Waals surface area contributed by atoms with Crippen LogP contribution in [0.4, 0.5) is 0 Å². The lowest BCUT2D eigenvalue weighted by Crippen LogP contribution is -2.11. The number of halogens is 3. The third-order valence-corrected chi connectivity index (χ3v) is 3.14. The highest BCUT2D eigenvalue weighted by Gasteiger charge is 2.13. The van der Waals surface area contributed by atoms with E-state index in [1.807, 2.05) is 24.5 Å². The molecule has 0 radical (unpaired) electrons. The molecule has 0 saturated carbocycles. The van der Waals surface area contributed by atoms with Crippen LogP contribution in [0.3, 0.4) is 0 Å². The molecule has 0 aromatic carbocycles. The summed E-state index contributed by atoms with van der Waals surface area (Å²) in [6.07, 6.45) is 11.7. The number of allylic oxidation sites excluding steroid dienone is 1. The molecule has 0 saturated heterocycles. The molecule has 2 aromatic rings. The molecule has 3 heterocycles. The molecule has 0 N–H and O–H groups in total. The standard InChI is InChI=1S/C16H15N3.3ClH/c1-4-13(11-17-7-1)10-14-5-3-9-19-16(14)15-6-2-8-18-12-15;;;/h1-2,4,6-8,10-12H,3,5,9H2;3*1H/b14-10+;;;. The lowest BCUT2D eigenvalue weighted by molar-refractivity contribution is 0.818. The van der Waals surface area contributed by atoms with Gasteiger partial charge in [-0.05, 0) is 48.3 Å². The monoisotopic (exact) mass is 357 g/mol. The third kappa shape index (κ3) is 5.09. The van der Waals surface area contributed by atoms with Crippen LogP contribution in [0.1, 0.15) is 24.0 Å². The Morgan fingerprint density at radius 2 is 1.64 bits per heavy atom. The molecule has 0 spiro atoms. The van der Waals surface area contributed by atoms with Gasteiger partial charge in [-0.1, -0.05) is 6.07 Å². The fourth-order valence-electron chi connectivity index (χ4n) is 2.26. The first kappa shape index (κ1) is 20.6. The number of rotatable bonds is 2. The molecule has 1 aliphatic rings. The smallest absolute Gasteiger partial charge is 0.0694 e. The number of hydrogen-bond donors (Lipinski definition) is 0. The molecule has 0 unspecified atom stereocenters. The van der Waals surface area contributed by atoms with Crippen molar-refractivity contribution in [1.29, 1.82) is 0 Å². The van der Waals surface area contributed by atoms with Crippen LogP contribution in [-0.4, -0.2) is 22.2 Å². The van der Waals surface area contributed by atoms with E-state index >= 15 is 0 Å². The molecule has 3 rings (SSSR count). The molecule has 0 aliphatic carbocycles. The van der Waals surface area contributed by atoms with Gasteiger partial charge >= 0.3 is 0 Å². The van der Waals surface area contributed by atoms with Gasteiger partial charge in [-0.3, -0.25) is 15.0 Å². The highest BCUT2D eigenvalue weighted by atomic mass is 35.5. The summed E-state index contributed by atoms with van der Waals surface area (Å²) in [4.78, 5) is 13.0. The Morgan fingerprint density at radius 1 is 0.909 bits per heavy atom. The summed E-state index contributed by atoms with van der Waals surface area (Å²) in [6.45, 7) is 0.897. The van der Waals surface area contributed by atoms with Crippen LogP contribution < -0.4 is 0 Å². The summed E-state index contributed by atoms with van der Waals surface area (Å²) in [5.41, 5.74) is 4.56. The summed E-state index contributed by atoms with van der Waals surface area (Å²) in [5, 5.41) is 0. The third-order valence-electron chi connectivity index (χ3n) is 3.14. The molecule has 3 nitrogen and oxygen atoms in total. The van der Waals surface area contributed by atoms with E-state index in [4.69, 9.17) is 0 Å². The minimum absolute atomic E-state index is 0. The Kier molecular flexibility index (Phi) is 9.66. The molecule has 0 atom stereocenters. The number of nitrogens with zero attached hydrogens (tertiary/aromatic N) is 3. The van der Waals surface area contributed by atoms with Gasteiger partial charge in [-0.25, -0.2) is 0 Å². The Bertz CT molecular complexity index is 613. The largest absolute Gasteiger partial charge is 0.284 e. The predicted molar refractivity (Wildman–Crippen MR) is 98.8 cm³/mol. The van der Waals surface area contributed by atoms with E-state index in [2.05, 4.69) is 33.2 Å². The van der Waals surface area contributed by atoms with Gasteiger partial charge in [0.05, 0.1) is 5.71 Å². The van der Waals surface area contributed by atoms with Crippen LogP contribution in [0.5, 0.6) is 0 Å². The molecular weight excluding hydrogens is 341 g/mol. The van der Waals surface area contributed by atoms with Crippen molar-refractivity contribution in [2.75, 3.05) is 6.54 Å². The van der Waals surface area contributed by atoms with Crippen LogP contribution in [-0.2, 0) is 0 Å². The van der Waals surface area contributed by atoms with Gasteiger partial charge in [0.2, 0.25) is 0 Å². The van der Waals surface area contributed by atoms with Crippen molar-refractivity contribution < 1.29 is 0 Å². The Labute approximate surface area is 149 Å². The lowest BCUT2D eigenvalue weighted by Gasteiger charge is -2.16. The zero-order valence-electron chi connectivity index (χ0n) is 11.9. The summed E-state index contributed by atoms with van der Waals surface area (Å²) >= 11 is 0. The Morgan fingerprint density at radius 3 is 2.27 bits per heavy atom. The van der Waals surface area contributed by atoms with Crippen LogP contribution in [0.2, 0.25) is 0 Å². The molecular formula is C16H18Cl3N3. The van der Waals surface area contributed by atoms with E-state index in [1.165, 1.54) is 5.57 Å². The van der Waals surface area contributed by atoms with E-state index in [-0.39, 0.29) is 37.2 Å². The van der Waals surface area contributed by atoms with E-state index in [1.54, 1.807) is 12.4 Å². The highest BCUT2D eigenvalue weighted by Crippen LogP contribution is 2.21. The fraction of sp³-hybridized carbons (Fsp3) is 0.188. The average molecular weight is 359 g/mol. The van der Waals surface area contributed by atoms with Crippen molar-refractivity contribution in [3.05, 3.63) is 65.8 Å². The SMILES string of the molecule is C(=C1/CCCN=C1c1cccnc1)/c1cccnc1.Cl.Cl.Cl. The van der Waals surface area contributed by atoms with Crippen molar-refractivity contribution >= 4 is 49.0 Å². The normalized spacial score (nSPS) is 14.9. The van der Waals surface area contributed by atoms with Crippen molar-refractivity contribution in [3.8, 4) is 0 Å². The summed E-state index contributed by atoms with van der Waals surface area (Å²) < 4.78 is 0. The second kappa shape index (κ2) is 10.3. The summed E-state index contributed by atoms with van der Waals surface area (Å²) in [6, 6.07) is 8.04. The van der Waals surface area contributed by atoms with Crippen LogP contribution in [0.25, 0.3) is 6.08 Å². The molecule has 0 fully saturated rings. The number of aliphatic imine (C=N–C) groups is 1. The fourth-order valence-corrected chi connectivity index (χ4v) is 2.26. The van der Waals surface area contributed by atoms with Gasteiger partial charge < -0.3 is 0 Å². The molecule has 1 aliphatic heterocycles. The number of aromatic nitrogens is 2. The molecule has 0 bridgehead atoms. The van der Waals surface area contributed by atoms with Gasteiger partial charge in [-0.2, -0.15) is 0 Å². The maximum absolute atomic E-state index is 4.67. The van der Waals surface area contributed by atoms with Gasteiger partial charge in [0.15, 0.2) is 0 Å². The van der Waals surface area contributed by atoms with Gasteiger partial charge in [0.25, 0.3) is 0 Å². The molecule has 6 heteroatoms. The first-order valence-electron chi connectivity index (χ1n) is 6.49. The molecule has 118 valence electrons. The summed E-state index contributed by atoms with van der Waals surface area (Å²) in [5.74, 6) is 0. The average Bonchev–Trinajstić information content (AvgIpc) is 2.50. The number of pyridine rings is 2. The first-order valence-corrected chi connectivity index (χ1v) is 6.49. The predicted octanol–water partition coefficient (Wildman–Crippen LogP) is 4.41. The maximum atomic E-state index is 4.67. The molecule has 22 heavy (non-hydrogen) atoms. The van der Waals surface area contributed by atoms with E-state index in [9.17, 15) is 0 Å². The Hall–Kier alpha value is -1.42. The molecule has 2 aromatic heterocycles. The zero-order valence-corrected chi connectivity index (χ0v) is 14.3. The second-order valence-corrected chi connectivity index (χ2v) is 4.53. The van der Waals surface area contributed by atoms with E-state index in [0.29, 0.717) is 0 Å². The van der Waals surface area contributed by atoms with E-state index < -0.39 is 0 Å². The minimum Gasteiger partial charge on any atom is -0.284 e. The van der Waals surface area contributed by atoms with Crippen molar-refractivity contribution in [2.45, 2.75) is 12.8 Å². The quantitative estimate of drug-likeness (QED) is 0.797. The van der Waals surface area contributed by atoms with Gasteiger partial charge in [0.1, 0.15) is 0 Å². The van der Waals surface area contributed by atoms with Gasteiger partial charge in [-0.15, -0.1) is 37.2 Å². The lowest BCUT2D eigenvalue weighted by atomic mass is 9.95. The van der Waals surface area contributed by atoms with Crippen LogP contribution in [0.15, 0.2) is 59.6 Å². The second-order valence-electron chi connectivity index (χ2n) is 4.53. The molecule has 0 amide bonds.